The number of hydrogen-bond donors (Lipinski definition) is 1. The SMILES string of the molecule is CC(C)NC(=O)C(Cc1ccccc1)N(Cc1ccc(Cl)cc1)C(=O)CCCN(c1ccc(F)cc1)S(C)(=O)=O. The molecule has 0 fully saturated rings. The van der Waals surface area contributed by atoms with Crippen LogP contribution in [-0.4, -0.2) is 50.0 Å². The molecule has 1 atom stereocenters. The molecule has 2 amide bonds. The summed E-state index contributed by atoms with van der Waals surface area (Å²) in [6.07, 6.45) is 1.58. The van der Waals surface area contributed by atoms with Crippen molar-refractivity contribution in [3.63, 3.8) is 0 Å². The fraction of sp³-hybridized carbons (Fsp3) is 0.333. The topological polar surface area (TPSA) is 86.8 Å². The van der Waals surface area contributed by atoms with E-state index in [0.29, 0.717) is 17.1 Å². The fourth-order valence-corrected chi connectivity index (χ4v) is 5.42. The van der Waals surface area contributed by atoms with Crippen LogP contribution < -0.4 is 9.62 Å². The van der Waals surface area contributed by atoms with Gasteiger partial charge in [0.15, 0.2) is 0 Å². The summed E-state index contributed by atoms with van der Waals surface area (Å²) in [5.41, 5.74) is 2.02. The van der Waals surface area contributed by atoms with Crippen LogP contribution >= 0.6 is 11.6 Å². The van der Waals surface area contributed by atoms with E-state index in [1.165, 1.54) is 24.3 Å². The van der Waals surface area contributed by atoms with Gasteiger partial charge in [0.05, 0.1) is 11.9 Å². The lowest BCUT2D eigenvalue weighted by Crippen LogP contribution is -2.51. The molecular formula is C30H35ClFN3O4S. The van der Waals surface area contributed by atoms with Gasteiger partial charge in [-0.1, -0.05) is 54.1 Å². The van der Waals surface area contributed by atoms with E-state index in [1.54, 1.807) is 17.0 Å². The highest BCUT2D eigenvalue weighted by molar-refractivity contribution is 7.92. The maximum atomic E-state index is 13.8. The lowest BCUT2D eigenvalue weighted by Gasteiger charge is -2.32. The molecule has 10 heteroatoms. The van der Waals surface area contributed by atoms with Gasteiger partial charge in [0.25, 0.3) is 0 Å². The van der Waals surface area contributed by atoms with Gasteiger partial charge in [0.2, 0.25) is 21.8 Å². The highest BCUT2D eigenvalue weighted by Crippen LogP contribution is 2.21. The van der Waals surface area contributed by atoms with Gasteiger partial charge in [-0.25, -0.2) is 12.8 Å². The number of anilines is 1. The van der Waals surface area contributed by atoms with Crippen LogP contribution in [-0.2, 0) is 32.6 Å². The van der Waals surface area contributed by atoms with Crippen LogP contribution in [0, 0.1) is 5.82 Å². The quantitative estimate of drug-likeness (QED) is 0.298. The number of sulfonamides is 1. The summed E-state index contributed by atoms with van der Waals surface area (Å²) >= 11 is 6.06. The van der Waals surface area contributed by atoms with Gasteiger partial charge in [0.1, 0.15) is 11.9 Å². The molecule has 0 saturated carbocycles. The van der Waals surface area contributed by atoms with Crippen LogP contribution in [0.2, 0.25) is 5.02 Å². The van der Waals surface area contributed by atoms with Crippen LogP contribution in [0.1, 0.15) is 37.8 Å². The summed E-state index contributed by atoms with van der Waals surface area (Å²) in [6.45, 7) is 3.91. The Morgan fingerprint density at radius 3 is 2.12 bits per heavy atom. The normalized spacial score (nSPS) is 12.2. The van der Waals surface area contributed by atoms with Gasteiger partial charge in [-0.15, -0.1) is 0 Å². The molecule has 40 heavy (non-hydrogen) atoms. The summed E-state index contributed by atoms with van der Waals surface area (Å²) in [7, 11) is -3.68. The van der Waals surface area contributed by atoms with Gasteiger partial charge in [-0.05, 0) is 67.8 Å². The number of halogens is 2. The van der Waals surface area contributed by atoms with E-state index in [9.17, 15) is 22.4 Å². The minimum absolute atomic E-state index is 0.00104. The number of nitrogens with zero attached hydrogens (tertiary/aromatic N) is 2. The van der Waals surface area contributed by atoms with E-state index in [4.69, 9.17) is 11.6 Å². The Hall–Kier alpha value is -3.43. The van der Waals surface area contributed by atoms with Crippen LogP contribution in [0.5, 0.6) is 0 Å². The zero-order valence-corrected chi connectivity index (χ0v) is 24.5. The zero-order chi connectivity index (χ0) is 29.3. The molecule has 1 unspecified atom stereocenters. The molecule has 3 aromatic carbocycles. The fourth-order valence-electron chi connectivity index (χ4n) is 4.33. The predicted octanol–water partition coefficient (Wildman–Crippen LogP) is 5.19. The molecule has 0 aliphatic heterocycles. The highest BCUT2D eigenvalue weighted by atomic mass is 35.5. The molecule has 0 saturated heterocycles. The second-order valence-corrected chi connectivity index (χ2v) is 12.3. The second kappa shape index (κ2) is 14.3. The van der Waals surface area contributed by atoms with E-state index in [0.717, 1.165) is 21.7 Å². The third-order valence-electron chi connectivity index (χ3n) is 6.23. The molecule has 0 aromatic heterocycles. The summed E-state index contributed by atoms with van der Waals surface area (Å²) in [6, 6.07) is 20.8. The zero-order valence-electron chi connectivity index (χ0n) is 22.9. The summed E-state index contributed by atoms with van der Waals surface area (Å²) < 4.78 is 39.5. The van der Waals surface area contributed by atoms with E-state index in [2.05, 4.69) is 5.32 Å². The van der Waals surface area contributed by atoms with Crippen molar-refractivity contribution >= 4 is 39.1 Å². The van der Waals surface area contributed by atoms with Gasteiger partial charge in [0, 0.05) is 37.0 Å². The first kappa shape index (κ1) is 31.1. The average Bonchev–Trinajstić information content (AvgIpc) is 2.90. The second-order valence-electron chi connectivity index (χ2n) is 9.93. The van der Waals surface area contributed by atoms with Crippen molar-refractivity contribution in [1.82, 2.24) is 10.2 Å². The Kier molecular flexibility index (Phi) is 11.1. The summed E-state index contributed by atoms with van der Waals surface area (Å²) in [5, 5.41) is 3.50. The molecule has 0 heterocycles. The maximum Gasteiger partial charge on any atom is 0.243 e. The molecule has 0 aliphatic rings. The Morgan fingerprint density at radius 1 is 0.925 bits per heavy atom. The average molecular weight is 588 g/mol. The number of carbonyl (C=O) groups is 2. The summed E-state index contributed by atoms with van der Waals surface area (Å²) in [4.78, 5) is 28.7. The molecule has 3 aromatic rings. The van der Waals surface area contributed by atoms with Gasteiger partial charge in [-0.3, -0.25) is 13.9 Å². The first-order chi connectivity index (χ1) is 18.9. The largest absolute Gasteiger partial charge is 0.352 e. The smallest absolute Gasteiger partial charge is 0.243 e. The van der Waals surface area contributed by atoms with Crippen LogP contribution in [0.3, 0.4) is 0 Å². The van der Waals surface area contributed by atoms with Crippen LogP contribution in [0.25, 0.3) is 0 Å². The van der Waals surface area contributed by atoms with Crippen molar-refractivity contribution in [3.05, 3.63) is 101 Å². The lowest BCUT2D eigenvalue weighted by molar-refractivity contribution is -0.141. The van der Waals surface area contributed by atoms with Crippen molar-refractivity contribution in [2.75, 3.05) is 17.1 Å². The standard InChI is InChI=1S/C30H35ClFN3O4S/c1-22(2)33-30(37)28(20-23-8-5-4-6-9-23)34(21-24-11-13-25(31)14-12-24)29(36)10-7-19-35(40(3,38)39)27-17-15-26(32)16-18-27/h4-6,8-9,11-18,22,28H,7,10,19-21H2,1-3H3,(H,33,37). The molecule has 0 aliphatic carbocycles. The number of rotatable bonds is 13. The molecule has 0 bridgehead atoms. The van der Waals surface area contributed by atoms with Crippen molar-refractivity contribution in [2.24, 2.45) is 0 Å². The van der Waals surface area contributed by atoms with Crippen molar-refractivity contribution in [2.45, 2.75) is 51.7 Å². The molecule has 1 N–H and O–H groups in total. The molecule has 7 nitrogen and oxygen atoms in total. The predicted molar refractivity (Wildman–Crippen MR) is 157 cm³/mol. The molecule has 0 radical (unpaired) electrons. The first-order valence-corrected chi connectivity index (χ1v) is 15.3. The third kappa shape index (κ3) is 9.34. The number of carbonyl (C=O) groups excluding carboxylic acids is 2. The van der Waals surface area contributed by atoms with Gasteiger partial charge >= 0.3 is 0 Å². The monoisotopic (exact) mass is 587 g/mol. The molecular weight excluding hydrogens is 553 g/mol. The van der Waals surface area contributed by atoms with Crippen LogP contribution in [0.4, 0.5) is 10.1 Å². The number of nitrogens with one attached hydrogen (secondary N) is 1. The van der Waals surface area contributed by atoms with E-state index in [-0.39, 0.29) is 43.8 Å². The molecule has 0 spiro atoms. The number of amides is 2. The van der Waals surface area contributed by atoms with Gasteiger partial charge < -0.3 is 10.2 Å². The summed E-state index contributed by atoms with van der Waals surface area (Å²) in [5.74, 6) is -1.04. The van der Waals surface area contributed by atoms with E-state index in [1.807, 2.05) is 56.3 Å². The minimum atomic E-state index is -3.68. The Bertz CT molecular complexity index is 1370. The molecule has 3 rings (SSSR count). The lowest BCUT2D eigenvalue weighted by atomic mass is 10.0. The van der Waals surface area contributed by atoms with Gasteiger partial charge in [-0.2, -0.15) is 0 Å². The highest BCUT2D eigenvalue weighted by Gasteiger charge is 2.31. The van der Waals surface area contributed by atoms with Crippen molar-refractivity contribution in [3.8, 4) is 0 Å². The maximum absolute atomic E-state index is 13.8. The van der Waals surface area contributed by atoms with Crippen molar-refractivity contribution < 1.29 is 22.4 Å². The van der Waals surface area contributed by atoms with E-state index >= 15 is 0 Å². The van der Waals surface area contributed by atoms with E-state index < -0.39 is 21.9 Å². The Labute approximate surface area is 241 Å². The number of benzene rings is 3. The Balaban J connectivity index is 1.87. The third-order valence-corrected chi connectivity index (χ3v) is 7.68. The number of hydrogen-bond acceptors (Lipinski definition) is 4. The minimum Gasteiger partial charge on any atom is -0.352 e. The van der Waals surface area contributed by atoms with Crippen molar-refractivity contribution in [1.29, 1.82) is 0 Å². The van der Waals surface area contributed by atoms with Crippen LogP contribution in [0.15, 0.2) is 78.9 Å². The molecule has 214 valence electrons. The first-order valence-electron chi connectivity index (χ1n) is 13.1. The Morgan fingerprint density at radius 2 is 1.55 bits per heavy atom.